The molecule has 178 valence electrons. The molecule has 0 spiro atoms. The lowest BCUT2D eigenvalue weighted by atomic mass is 9.93. The van der Waals surface area contributed by atoms with Crippen LogP contribution in [0.25, 0.3) is 0 Å². The predicted octanol–water partition coefficient (Wildman–Crippen LogP) is 5.68. The van der Waals surface area contributed by atoms with Crippen molar-refractivity contribution >= 4 is 11.5 Å². The predicted molar refractivity (Wildman–Crippen MR) is 135 cm³/mol. The minimum Gasteiger partial charge on any atom is -0.367 e. The Morgan fingerprint density at radius 3 is 2.26 bits per heavy atom. The van der Waals surface area contributed by atoms with Crippen LogP contribution in [-0.4, -0.2) is 41.8 Å². The quantitative estimate of drug-likeness (QED) is 0.413. The number of ketones is 1. The fourth-order valence-electron chi connectivity index (χ4n) is 4.97. The fourth-order valence-corrected chi connectivity index (χ4v) is 4.97. The molecule has 2 heterocycles. The number of nitrogens with zero attached hydrogens (tertiary/aromatic N) is 3. The van der Waals surface area contributed by atoms with Gasteiger partial charge in [0.2, 0.25) is 0 Å². The number of carbonyl (C=O) groups excluding carboxylic acids is 1. The smallest absolute Gasteiger partial charge is 0.146 e. The molecule has 1 saturated heterocycles. The highest BCUT2D eigenvalue weighted by Gasteiger charge is 2.28. The Balaban J connectivity index is 1.45. The Bertz CT molecular complexity index is 1020. The van der Waals surface area contributed by atoms with E-state index in [1.54, 1.807) is 6.07 Å². The van der Waals surface area contributed by atoms with Gasteiger partial charge in [0.25, 0.3) is 0 Å². The van der Waals surface area contributed by atoms with E-state index in [0.29, 0.717) is 12.1 Å². The average molecular weight is 460 g/mol. The Kier molecular flexibility index (Phi) is 8.07. The second-order valence-corrected chi connectivity index (χ2v) is 9.03. The Labute approximate surface area is 202 Å². The van der Waals surface area contributed by atoms with Crippen molar-refractivity contribution in [2.75, 3.05) is 31.1 Å². The zero-order chi connectivity index (χ0) is 23.9. The first kappa shape index (κ1) is 24.1. The van der Waals surface area contributed by atoms with Crippen LogP contribution in [0.1, 0.15) is 49.6 Å². The van der Waals surface area contributed by atoms with Gasteiger partial charge in [0.15, 0.2) is 0 Å². The number of Topliss-reactive ketones (excluding diaryl/α,β-unsaturated/α-hetero) is 1. The summed E-state index contributed by atoms with van der Waals surface area (Å²) in [5.74, 6) is 0.0207. The number of aromatic nitrogens is 1. The SMILES string of the molecule is CCC(CC)C(=O)Cc1ccc(N2CCN(C(c3ccccc3)c3ccccn3)CC2)c(F)c1. The number of hydrogen-bond acceptors (Lipinski definition) is 4. The van der Waals surface area contributed by atoms with E-state index in [0.717, 1.165) is 50.3 Å². The van der Waals surface area contributed by atoms with Crippen LogP contribution in [0, 0.1) is 11.7 Å². The molecule has 0 amide bonds. The van der Waals surface area contributed by atoms with E-state index in [1.807, 2.05) is 50.4 Å². The summed E-state index contributed by atoms with van der Waals surface area (Å²) < 4.78 is 15.1. The average Bonchev–Trinajstić information content (AvgIpc) is 2.87. The maximum Gasteiger partial charge on any atom is 0.146 e. The first-order valence-corrected chi connectivity index (χ1v) is 12.4. The molecular weight excluding hydrogens is 425 g/mol. The lowest BCUT2D eigenvalue weighted by Gasteiger charge is -2.40. The molecule has 0 bridgehead atoms. The molecule has 3 aromatic rings. The number of piperazine rings is 1. The van der Waals surface area contributed by atoms with Crippen molar-refractivity contribution in [3.8, 4) is 0 Å². The topological polar surface area (TPSA) is 36.4 Å². The molecule has 1 atom stereocenters. The summed E-state index contributed by atoms with van der Waals surface area (Å²) in [5.41, 5.74) is 3.62. The van der Waals surface area contributed by atoms with Crippen LogP contribution in [0.15, 0.2) is 72.9 Å². The van der Waals surface area contributed by atoms with E-state index in [4.69, 9.17) is 0 Å². The van der Waals surface area contributed by atoms with E-state index in [2.05, 4.69) is 45.1 Å². The standard InChI is InChI=1S/C29H34FN3O/c1-3-23(4-2)28(34)21-22-13-14-27(25(30)20-22)32-16-18-33(19-17-32)29(24-10-6-5-7-11-24)26-12-8-9-15-31-26/h5-15,20,23,29H,3-4,16-19,21H2,1-2H3. The number of hydrogen-bond donors (Lipinski definition) is 0. The molecule has 0 radical (unpaired) electrons. The van der Waals surface area contributed by atoms with Crippen LogP contribution in [-0.2, 0) is 11.2 Å². The first-order valence-electron chi connectivity index (χ1n) is 12.4. The minimum atomic E-state index is -0.243. The van der Waals surface area contributed by atoms with Gasteiger partial charge in [0, 0.05) is 44.7 Å². The third-order valence-corrected chi connectivity index (χ3v) is 6.93. The summed E-state index contributed by atoms with van der Waals surface area (Å²) >= 11 is 0. The highest BCUT2D eigenvalue weighted by molar-refractivity contribution is 5.83. The van der Waals surface area contributed by atoms with Crippen molar-refractivity contribution < 1.29 is 9.18 Å². The van der Waals surface area contributed by atoms with Gasteiger partial charge < -0.3 is 4.90 Å². The highest BCUT2D eigenvalue weighted by Crippen LogP contribution is 2.30. The number of halogens is 1. The highest BCUT2D eigenvalue weighted by atomic mass is 19.1. The van der Waals surface area contributed by atoms with Crippen LogP contribution in [0.4, 0.5) is 10.1 Å². The van der Waals surface area contributed by atoms with Gasteiger partial charge in [-0.3, -0.25) is 14.7 Å². The van der Waals surface area contributed by atoms with Gasteiger partial charge >= 0.3 is 0 Å². The Morgan fingerprint density at radius 1 is 0.941 bits per heavy atom. The monoisotopic (exact) mass is 459 g/mol. The molecule has 1 aromatic heterocycles. The summed E-state index contributed by atoms with van der Waals surface area (Å²) in [7, 11) is 0. The zero-order valence-electron chi connectivity index (χ0n) is 20.2. The maximum absolute atomic E-state index is 15.1. The van der Waals surface area contributed by atoms with E-state index in [1.165, 1.54) is 5.56 Å². The van der Waals surface area contributed by atoms with Gasteiger partial charge in [-0.05, 0) is 48.2 Å². The number of benzene rings is 2. The van der Waals surface area contributed by atoms with E-state index in [-0.39, 0.29) is 23.6 Å². The summed E-state index contributed by atoms with van der Waals surface area (Å²) in [6.45, 7) is 7.16. The van der Waals surface area contributed by atoms with Crippen molar-refractivity contribution in [2.24, 2.45) is 5.92 Å². The van der Waals surface area contributed by atoms with E-state index >= 15 is 4.39 Å². The molecule has 1 aliphatic rings. The van der Waals surface area contributed by atoms with Gasteiger partial charge in [-0.2, -0.15) is 0 Å². The summed E-state index contributed by atoms with van der Waals surface area (Å²) in [4.78, 5) is 21.6. The number of anilines is 1. The van der Waals surface area contributed by atoms with Crippen LogP contribution in [0.5, 0.6) is 0 Å². The van der Waals surface area contributed by atoms with E-state index < -0.39 is 0 Å². The molecule has 2 aromatic carbocycles. The molecule has 5 heteroatoms. The zero-order valence-corrected chi connectivity index (χ0v) is 20.2. The van der Waals surface area contributed by atoms with Gasteiger partial charge in [0.05, 0.1) is 17.4 Å². The molecular formula is C29H34FN3O. The van der Waals surface area contributed by atoms with Crippen molar-refractivity contribution in [1.82, 2.24) is 9.88 Å². The number of carbonyl (C=O) groups is 1. The molecule has 0 aliphatic carbocycles. The van der Waals surface area contributed by atoms with Crippen LogP contribution < -0.4 is 4.90 Å². The molecule has 1 fully saturated rings. The molecule has 1 unspecified atom stereocenters. The Morgan fingerprint density at radius 2 is 1.65 bits per heavy atom. The van der Waals surface area contributed by atoms with Crippen molar-refractivity contribution in [1.29, 1.82) is 0 Å². The minimum absolute atomic E-state index is 0.0625. The van der Waals surface area contributed by atoms with Crippen molar-refractivity contribution in [3.63, 3.8) is 0 Å². The van der Waals surface area contributed by atoms with Crippen LogP contribution in [0.3, 0.4) is 0 Å². The summed E-state index contributed by atoms with van der Waals surface area (Å²) in [6, 6.07) is 21.9. The first-order chi connectivity index (χ1) is 16.6. The van der Waals surface area contributed by atoms with Gasteiger partial charge in [-0.15, -0.1) is 0 Å². The molecule has 0 saturated carbocycles. The van der Waals surface area contributed by atoms with Crippen LogP contribution in [0.2, 0.25) is 0 Å². The molecule has 4 rings (SSSR count). The third kappa shape index (κ3) is 5.53. The van der Waals surface area contributed by atoms with Crippen molar-refractivity contribution in [3.05, 3.63) is 95.6 Å². The fraction of sp³-hybridized carbons (Fsp3) is 0.379. The molecule has 0 N–H and O–H groups in total. The summed E-state index contributed by atoms with van der Waals surface area (Å²) in [6.07, 6.45) is 3.82. The molecule has 4 nitrogen and oxygen atoms in total. The second kappa shape index (κ2) is 11.4. The van der Waals surface area contributed by atoms with E-state index in [9.17, 15) is 4.79 Å². The van der Waals surface area contributed by atoms with Crippen LogP contribution >= 0.6 is 0 Å². The third-order valence-electron chi connectivity index (χ3n) is 6.93. The Hall–Kier alpha value is -3.05. The van der Waals surface area contributed by atoms with Crippen molar-refractivity contribution in [2.45, 2.75) is 39.2 Å². The molecule has 1 aliphatic heterocycles. The maximum atomic E-state index is 15.1. The normalized spacial score (nSPS) is 15.5. The van der Waals surface area contributed by atoms with Gasteiger partial charge in [0.1, 0.15) is 11.6 Å². The lowest BCUT2D eigenvalue weighted by molar-refractivity contribution is -0.122. The van der Waals surface area contributed by atoms with Gasteiger partial charge in [-0.25, -0.2) is 4.39 Å². The summed E-state index contributed by atoms with van der Waals surface area (Å²) in [5, 5.41) is 0. The lowest BCUT2D eigenvalue weighted by Crippen LogP contribution is -2.48. The second-order valence-electron chi connectivity index (χ2n) is 9.03. The number of pyridine rings is 1. The van der Waals surface area contributed by atoms with Gasteiger partial charge in [-0.1, -0.05) is 56.3 Å². The largest absolute Gasteiger partial charge is 0.367 e. The number of rotatable bonds is 9. The molecule has 34 heavy (non-hydrogen) atoms.